The Bertz CT molecular complexity index is 914. The van der Waals surface area contributed by atoms with E-state index in [0.29, 0.717) is 25.5 Å². The van der Waals surface area contributed by atoms with E-state index in [2.05, 4.69) is 9.97 Å². The Balaban J connectivity index is 1.61. The van der Waals surface area contributed by atoms with E-state index in [1.165, 1.54) is 17.8 Å². The van der Waals surface area contributed by atoms with Gasteiger partial charge in [0, 0.05) is 29.7 Å². The first-order valence-electron chi connectivity index (χ1n) is 8.13. The van der Waals surface area contributed by atoms with E-state index < -0.39 is 5.79 Å². The molecule has 2 aromatic heterocycles. The summed E-state index contributed by atoms with van der Waals surface area (Å²) in [4.78, 5) is 12.6. The van der Waals surface area contributed by atoms with Gasteiger partial charge in [-0.05, 0) is 30.7 Å². The molecule has 0 unspecified atom stereocenters. The zero-order valence-electron chi connectivity index (χ0n) is 13.0. The van der Waals surface area contributed by atoms with Crippen LogP contribution in [0.1, 0.15) is 17.7 Å². The van der Waals surface area contributed by atoms with Gasteiger partial charge in [0.15, 0.2) is 11.6 Å². The van der Waals surface area contributed by atoms with E-state index in [1.807, 2.05) is 0 Å². The lowest BCUT2D eigenvalue weighted by molar-refractivity contribution is -0.163. The molecular weight excluding hydrogens is 309 g/mol. The normalized spacial score (nSPS) is 19.0. The predicted octanol–water partition coefficient (Wildman–Crippen LogP) is 3.00. The van der Waals surface area contributed by atoms with Crippen molar-refractivity contribution in [2.75, 3.05) is 13.2 Å². The minimum Gasteiger partial charge on any atom is -0.356 e. The van der Waals surface area contributed by atoms with Crippen LogP contribution in [-0.4, -0.2) is 34.0 Å². The predicted molar refractivity (Wildman–Crippen MR) is 85.9 cm³/mol. The van der Waals surface area contributed by atoms with Crippen LogP contribution in [0.5, 0.6) is 0 Å². The molecule has 5 rings (SSSR count). The first kappa shape index (κ1) is 14.1. The molecule has 2 aliphatic rings. The molecule has 24 heavy (non-hydrogen) atoms. The summed E-state index contributed by atoms with van der Waals surface area (Å²) >= 11 is 0. The number of aryl methyl sites for hydroxylation is 1. The summed E-state index contributed by atoms with van der Waals surface area (Å²) in [5.74, 6) is -0.170. The molecule has 0 atom stereocenters. The van der Waals surface area contributed by atoms with E-state index in [-0.39, 0.29) is 5.82 Å². The fourth-order valence-electron chi connectivity index (χ4n) is 3.64. The second-order valence-corrected chi connectivity index (χ2v) is 6.33. The average molecular weight is 325 g/mol. The van der Waals surface area contributed by atoms with Gasteiger partial charge in [0.1, 0.15) is 5.82 Å². The zero-order chi connectivity index (χ0) is 16.1. The quantitative estimate of drug-likeness (QED) is 0.747. The van der Waals surface area contributed by atoms with Crippen LogP contribution in [0.3, 0.4) is 0 Å². The van der Waals surface area contributed by atoms with Crippen molar-refractivity contribution < 1.29 is 13.9 Å². The molecule has 6 heteroatoms. The number of fused-ring (bicyclic) bond motifs is 3. The standard InChI is InChI=1S/C18H16FN3O2/c19-12-3-1-11(2-4-12)17-20-10-15-16(22-17)13-9-18(23-7-8-24-18)6-5-14(13)21-15/h1-4,10,21H,5-9H2. The molecule has 0 bridgehead atoms. The minimum absolute atomic E-state index is 0.267. The van der Waals surface area contributed by atoms with E-state index in [9.17, 15) is 4.39 Å². The van der Waals surface area contributed by atoms with E-state index in [4.69, 9.17) is 14.5 Å². The SMILES string of the molecule is Fc1ccc(-c2ncc3[nH]c4c(c3n2)CC2(CC4)OCCO2)cc1. The third-order valence-corrected chi connectivity index (χ3v) is 4.84. The Morgan fingerprint density at radius 2 is 1.92 bits per heavy atom. The molecule has 3 aromatic rings. The van der Waals surface area contributed by atoms with Crippen LogP contribution in [0.15, 0.2) is 30.5 Å². The monoisotopic (exact) mass is 325 g/mol. The molecule has 1 aromatic carbocycles. The lowest BCUT2D eigenvalue weighted by atomic mass is 9.91. The topological polar surface area (TPSA) is 60.0 Å². The molecule has 0 radical (unpaired) electrons. The highest BCUT2D eigenvalue weighted by atomic mass is 19.1. The highest BCUT2D eigenvalue weighted by Crippen LogP contribution is 2.38. The van der Waals surface area contributed by atoms with Gasteiger partial charge < -0.3 is 14.5 Å². The van der Waals surface area contributed by atoms with Gasteiger partial charge in [-0.2, -0.15) is 0 Å². The summed E-state index contributed by atoms with van der Waals surface area (Å²) in [5, 5.41) is 0. The van der Waals surface area contributed by atoms with Gasteiger partial charge in [-0.25, -0.2) is 14.4 Å². The molecule has 5 nitrogen and oxygen atoms in total. The van der Waals surface area contributed by atoms with Gasteiger partial charge in [0.25, 0.3) is 0 Å². The van der Waals surface area contributed by atoms with Crippen LogP contribution in [-0.2, 0) is 22.3 Å². The van der Waals surface area contributed by atoms with Crippen molar-refractivity contribution in [3.63, 3.8) is 0 Å². The van der Waals surface area contributed by atoms with Gasteiger partial charge in [-0.15, -0.1) is 0 Å². The summed E-state index contributed by atoms with van der Waals surface area (Å²) in [6, 6.07) is 6.23. The van der Waals surface area contributed by atoms with E-state index >= 15 is 0 Å². The van der Waals surface area contributed by atoms with Gasteiger partial charge in [0.05, 0.1) is 30.4 Å². The summed E-state index contributed by atoms with van der Waals surface area (Å²) in [7, 11) is 0. The summed E-state index contributed by atoms with van der Waals surface area (Å²) < 4.78 is 24.9. The van der Waals surface area contributed by atoms with Gasteiger partial charge in [-0.1, -0.05) is 0 Å². The maximum absolute atomic E-state index is 13.1. The van der Waals surface area contributed by atoms with E-state index in [1.54, 1.807) is 18.3 Å². The molecule has 0 amide bonds. The number of benzene rings is 1. The van der Waals surface area contributed by atoms with Crippen LogP contribution in [0.4, 0.5) is 4.39 Å². The Morgan fingerprint density at radius 3 is 2.71 bits per heavy atom. The molecule has 0 saturated carbocycles. The fourth-order valence-corrected chi connectivity index (χ4v) is 3.64. The molecule has 1 N–H and O–H groups in total. The van der Waals surface area contributed by atoms with Crippen LogP contribution in [0.2, 0.25) is 0 Å². The summed E-state index contributed by atoms with van der Waals surface area (Å²) in [6.45, 7) is 1.29. The van der Waals surface area contributed by atoms with Crippen molar-refractivity contribution in [3.8, 4) is 11.4 Å². The van der Waals surface area contributed by atoms with Gasteiger partial charge in [-0.3, -0.25) is 0 Å². The Morgan fingerprint density at radius 1 is 1.12 bits per heavy atom. The third kappa shape index (κ3) is 2.14. The minimum atomic E-state index is -0.497. The van der Waals surface area contributed by atoms with Gasteiger partial charge >= 0.3 is 0 Å². The molecular formula is C18H16FN3O2. The average Bonchev–Trinajstić information content (AvgIpc) is 3.20. The van der Waals surface area contributed by atoms with Crippen molar-refractivity contribution in [3.05, 3.63) is 47.5 Å². The van der Waals surface area contributed by atoms with Crippen molar-refractivity contribution >= 4 is 11.0 Å². The number of hydrogen-bond acceptors (Lipinski definition) is 4. The number of aromatic amines is 1. The zero-order valence-corrected chi connectivity index (χ0v) is 13.0. The smallest absolute Gasteiger partial charge is 0.173 e. The number of hydrogen-bond donors (Lipinski definition) is 1. The van der Waals surface area contributed by atoms with Crippen molar-refractivity contribution in [1.29, 1.82) is 0 Å². The number of aromatic nitrogens is 3. The number of nitrogens with one attached hydrogen (secondary N) is 1. The molecule has 1 fully saturated rings. The van der Waals surface area contributed by atoms with Crippen LogP contribution >= 0.6 is 0 Å². The first-order chi connectivity index (χ1) is 11.7. The number of halogens is 1. The van der Waals surface area contributed by atoms with Crippen molar-refractivity contribution in [1.82, 2.24) is 15.0 Å². The fraction of sp³-hybridized carbons (Fsp3) is 0.333. The van der Waals surface area contributed by atoms with Gasteiger partial charge in [0.2, 0.25) is 0 Å². The molecule has 1 saturated heterocycles. The Labute approximate surface area is 137 Å². The van der Waals surface area contributed by atoms with E-state index in [0.717, 1.165) is 35.0 Å². The maximum Gasteiger partial charge on any atom is 0.173 e. The molecule has 1 aliphatic heterocycles. The number of nitrogens with zero attached hydrogens (tertiary/aromatic N) is 2. The number of ether oxygens (including phenoxy) is 2. The highest BCUT2D eigenvalue weighted by Gasteiger charge is 2.41. The summed E-state index contributed by atoms with van der Waals surface area (Å²) in [5.41, 5.74) is 4.94. The second kappa shape index (κ2) is 5.09. The third-order valence-electron chi connectivity index (χ3n) is 4.84. The largest absolute Gasteiger partial charge is 0.356 e. The van der Waals surface area contributed by atoms with Crippen LogP contribution in [0, 0.1) is 5.82 Å². The molecule has 122 valence electrons. The molecule has 1 spiro atoms. The van der Waals surface area contributed by atoms with Crippen molar-refractivity contribution in [2.45, 2.75) is 25.0 Å². The second-order valence-electron chi connectivity index (χ2n) is 6.33. The number of rotatable bonds is 1. The molecule has 3 heterocycles. The lowest BCUT2D eigenvalue weighted by Gasteiger charge is -2.31. The Hall–Kier alpha value is -2.31. The lowest BCUT2D eigenvalue weighted by Crippen LogP contribution is -2.36. The first-order valence-corrected chi connectivity index (χ1v) is 8.13. The van der Waals surface area contributed by atoms with Crippen LogP contribution in [0.25, 0.3) is 22.4 Å². The summed E-state index contributed by atoms with van der Waals surface area (Å²) in [6.07, 6.45) is 4.22. The highest BCUT2D eigenvalue weighted by molar-refractivity contribution is 5.82. The maximum atomic E-state index is 13.1. The van der Waals surface area contributed by atoms with Crippen molar-refractivity contribution in [2.24, 2.45) is 0 Å². The molecule has 1 aliphatic carbocycles. The van der Waals surface area contributed by atoms with Crippen LogP contribution < -0.4 is 0 Å². The number of H-pyrrole nitrogens is 1. The Kier molecular flexibility index (Phi) is 2.98.